The van der Waals surface area contributed by atoms with Crippen LogP contribution in [0.15, 0.2) is 42.5 Å². The first-order valence-corrected chi connectivity index (χ1v) is 12.0. The number of carboxylic acids is 2. The highest BCUT2D eigenvalue weighted by Crippen LogP contribution is 2.56. The number of halogens is 2. The predicted molar refractivity (Wildman–Crippen MR) is 133 cm³/mol. The number of aliphatic carboxylic acids is 2. The monoisotopic (exact) mass is 521 g/mol. The lowest BCUT2D eigenvalue weighted by molar-refractivity contribution is -0.151. The molecule has 0 saturated heterocycles. The van der Waals surface area contributed by atoms with E-state index in [4.69, 9.17) is 27.9 Å². The van der Waals surface area contributed by atoms with Crippen molar-refractivity contribution in [2.75, 3.05) is 0 Å². The predicted octanol–water partition coefficient (Wildman–Crippen LogP) is 5.21. The van der Waals surface area contributed by atoms with Gasteiger partial charge in [0.15, 0.2) is 0 Å². The number of rotatable bonds is 9. The van der Waals surface area contributed by atoms with Crippen molar-refractivity contribution in [1.29, 1.82) is 0 Å². The zero-order valence-corrected chi connectivity index (χ0v) is 21.3. The van der Waals surface area contributed by atoms with Crippen LogP contribution in [0.3, 0.4) is 0 Å². The fraction of sp³-hybridized carbons (Fsp3) is 0.423. The first-order chi connectivity index (χ1) is 16.4. The average Bonchev–Trinajstić information content (AvgIpc) is 3.03. The lowest BCUT2D eigenvalue weighted by Crippen LogP contribution is -2.53. The van der Waals surface area contributed by atoms with E-state index in [2.05, 4.69) is 5.32 Å². The minimum Gasteiger partial charge on any atom is -0.489 e. The zero-order valence-electron chi connectivity index (χ0n) is 19.8. The minimum absolute atomic E-state index is 0.0660. The largest absolute Gasteiger partial charge is 0.489 e. The number of carbonyl (C=O) groups is 3. The van der Waals surface area contributed by atoms with Crippen molar-refractivity contribution in [3.63, 3.8) is 0 Å². The van der Waals surface area contributed by atoms with Crippen molar-refractivity contribution in [2.45, 2.75) is 52.7 Å². The van der Waals surface area contributed by atoms with Crippen molar-refractivity contribution < 1.29 is 29.3 Å². The maximum Gasteiger partial charge on any atom is 0.326 e. The van der Waals surface area contributed by atoms with Crippen LogP contribution in [0.25, 0.3) is 0 Å². The van der Waals surface area contributed by atoms with E-state index in [9.17, 15) is 24.6 Å². The number of ether oxygens (including phenoxy) is 1. The molecule has 1 amide bonds. The molecule has 0 bridgehead atoms. The smallest absolute Gasteiger partial charge is 0.326 e. The topological polar surface area (TPSA) is 113 Å². The lowest BCUT2D eigenvalue weighted by atomic mass is 9.65. The summed E-state index contributed by atoms with van der Waals surface area (Å²) in [4.78, 5) is 36.7. The minimum atomic E-state index is -1.17. The van der Waals surface area contributed by atoms with Gasteiger partial charge in [0.05, 0.1) is 11.3 Å². The van der Waals surface area contributed by atoms with Crippen LogP contribution >= 0.6 is 23.2 Å². The molecule has 2 aromatic rings. The molecule has 3 atom stereocenters. The molecule has 1 aliphatic carbocycles. The Balaban J connectivity index is 1.66. The van der Waals surface area contributed by atoms with Gasteiger partial charge in [-0.05, 0) is 48.1 Å². The van der Waals surface area contributed by atoms with Gasteiger partial charge in [-0.3, -0.25) is 9.59 Å². The van der Waals surface area contributed by atoms with E-state index < -0.39 is 40.6 Å². The van der Waals surface area contributed by atoms with Crippen LogP contribution in [0, 0.1) is 16.7 Å². The van der Waals surface area contributed by atoms with Gasteiger partial charge in [0.25, 0.3) is 0 Å². The molecule has 1 fully saturated rings. The van der Waals surface area contributed by atoms with Gasteiger partial charge in [0.1, 0.15) is 18.4 Å². The summed E-state index contributed by atoms with van der Waals surface area (Å²) in [5, 5.41) is 22.9. The van der Waals surface area contributed by atoms with Gasteiger partial charge in [0, 0.05) is 22.0 Å². The fourth-order valence-corrected chi connectivity index (χ4v) is 5.15. The van der Waals surface area contributed by atoms with E-state index in [0.717, 1.165) is 0 Å². The Morgan fingerprint density at radius 3 is 2.17 bits per heavy atom. The summed E-state index contributed by atoms with van der Waals surface area (Å²) in [6, 6.07) is 10.9. The first kappa shape index (κ1) is 26.8. The van der Waals surface area contributed by atoms with Crippen molar-refractivity contribution in [1.82, 2.24) is 5.32 Å². The van der Waals surface area contributed by atoms with E-state index in [1.807, 2.05) is 0 Å². The maximum absolute atomic E-state index is 13.2. The normalized spacial score (nSPS) is 21.8. The SMILES string of the molecule is CC1(C(=O)NC(Cc2ccc(OCc3c(Cl)cccc3Cl)cc2)C(=O)O)CCC(C(=O)O)C1(C)C. The van der Waals surface area contributed by atoms with Crippen molar-refractivity contribution in [2.24, 2.45) is 16.7 Å². The number of nitrogens with one attached hydrogen (secondary N) is 1. The summed E-state index contributed by atoms with van der Waals surface area (Å²) in [5.74, 6) is -2.67. The molecule has 188 valence electrons. The van der Waals surface area contributed by atoms with Crippen LogP contribution in [-0.4, -0.2) is 34.1 Å². The third-order valence-corrected chi connectivity index (χ3v) is 8.15. The van der Waals surface area contributed by atoms with Gasteiger partial charge < -0.3 is 20.3 Å². The number of carboxylic acid groups (broad SMARTS) is 2. The van der Waals surface area contributed by atoms with Crippen molar-refractivity contribution >= 4 is 41.0 Å². The van der Waals surface area contributed by atoms with Gasteiger partial charge in [-0.15, -0.1) is 0 Å². The van der Waals surface area contributed by atoms with Crippen LogP contribution in [0.2, 0.25) is 10.0 Å². The summed E-state index contributed by atoms with van der Waals surface area (Å²) in [6.45, 7) is 5.39. The second kappa shape index (κ2) is 10.5. The van der Waals surface area contributed by atoms with Gasteiger partial charge in [-0.25, -0.2) is 4.79 Å². The molecule has 0 aliphatic heterocycles. The van der Waals surface area contributed by atoms with Crippen LogP contribution in [0.1, 0.15) is 44.7 Å². The van der Waals surface area contributed by atoms with Crippen LogP contribution < -0.4 is 10.1 Å². The van der Waals surface area contributed by atoms with Crippen LogP contribution in [0.4, 0.5) is 0 Å². The average molecular weight is 522 g/mol. The van der Waals surface area contributed by atoms with Crippen LogP contribution in [0.5, 0.6) is 5.75 Å². The Morgan fingerprint density at radius 1 is 1.06 bits per heavy atom. The van der Waals surface area contributed by atoms with Crippen molar-refractivity contribution in [3.05, 3.63) is 63.6 Å². The highest BCUT2D eigenvalue weighted by molar-refractivity contribution is 6.35. The Kier molecular flexibility index (Phi) is 8.02. The van der Waals surface area contributed by atoms with E-state index >= 15 is 0 Å². The number of hydrogen-bond acceptors (Lipinski definition) is 4. The maximum atomic E-state index is 13.2. The summed E-state index contributed by atoms with van der Waals surface area (Å²) >= 11 is 12.3. The third kappa shape index (κ3) is 5.57. The van der Waals surface area contributed by atoms with Gasteiger partial charge in [0.2, 0.25) is 5.91 Å². The van der Waals surface area contributed by atoms with Gasteiger partial charge in [-0.1, -0.05) is 62.2 Å². The lowest BCUT2D eigenvalue weighted by Gasteiger charge is -2.39. The molecule has 0 spiro atoms. The Hall–Kier alpha value is -2.77. The molecule has 7 nitrogen and oxygen atoms in total. The number of carbonyl (C=O) groups excluding carboxylic acids is 1. The van der Waals surface area contributed by atoms with E-state index in [1.165, 1.54) is 0 Å². The molecule has 35 heavy (non-hydrogen) atoms. The number of hydrogen-bond donors (Lipinski definition) is 3. The molecule has 9 heteroatoms. The zero-order chi connectivity index (χ0) is 26.0. The third-order valence-electron chi connectivity index (χ3n) is 7.44. The summed E-state index contributed by atoms with van der Waals surface area (Å²) < 4.78 is 5.76. The highest BCUT2D eigenvalue weighted by Gasteiger charge is 2.58. The standard InChI is InChI=1S/C26H29Cl2NO6/c1-25(2)18(22(30)31)11-12-26(25,3)24(34)29-21(23(32)33)13-15-7-9-16(10-8-15)35-14-17-19(27)5-4-6-20(17)28/h4-10,18,21H,11-14H2,1-3H3,(H,29,34)(H,30,31)(H,32,33). The fourth-order valence-electron chi connectivity index (χ4n) is 4.64. The summed E-state index contributed by atoms with van der Waals surface area (Å²) in [6.07, 6.45) is 0.804. The molecular formula is C26H29Cl2NO6. The Bertz CT molecular complexity index is 1100. The molecule has 0 radical (unpaired) electrons. The Morgan fingerprint density at radius 2 is 1.66 bits per heavy atom. The Labute approximate surface area is 214 Å². The molecule has 0 heterocycles. The number of benzene rings is 2. The summed E-state index contributed by atoms with van der Waals surface area (Å²) in [5.41, 5.74) is -0.459. The molecule has 3 unspecified atom stereocenters. The second-order valence-electron chi connectivity index (χ2n) is 9.68. The quantitative estimate of drug-likeness (QED) is 0.417. The van der Waals surface area contributed by atoms with Gasteiger partial charge in [-0.2, -0.15) is 0 Å². The molecule has 1 aliphatic rings. The highest BCUT2D eigenvalue weighted by atomic mass is 35.5. The molecule has 1 saturated carbocycles. The van der Waals surface area contributed by atoms with Crippen LogP contribution in [-0.2, 0) is 27.4 Å². The molecule has 0 aromatic heterocycles. The second-order valence-corrected chi connectivity index (χ2v) is 10.5. The molecular weight excluding hydrogens is 493 g/mol. The first-order valence-electron chi connectivity index (χ1n) is 11.3. The number of amides is 1. The molecule has 3 rings (SSSR count). The summed E-state index contributed by atoms with van der Waals surface area (Å²) in [7, 11) is 0. The van der Waals surface area contributed by atoms with Gasteiger partial charge >= 0.3 is 11.9 Å². The van der Waals surface area contributed by atoms with E-state index in [0.29, 0.717) is 39.8 Å². The van der Waals surface area contributed by atoms with E-state index in [-0.39, 0.29) is 13.0 Å². The van der Waals surface area contributed by atoms with Crippen molar-refractivity contribution in [3.8, 4) is 5.75 Å². The molecule has 2 aromatic carbocycles. The molecule has 3 N–H and O–H groups in total. The van der Waals surface area contributed by atoms with E-state index in [1.54, 1.807) is 63.2 Å².